The molecule has 2 N–H and O–H groups in total. The van der Waals surface area contributed by atoms with E-state index < -0.39 is 17.8 Å². The minimum Gasteiger partial charge on any atom is -0.450 e. The van der Waals surface area contributed by atoms with Gasteiger partial charge in [0.05, 0.1) is 24.1 Å². The van der Waals surface area contributed by atoms with Crippen LogP contribution in [0.2, 0.25) is 0 Å². The highest BCUT2D eigenvalue weighted by Gasteiger charge is 2.30. The third-order valence-corrected chi connectivity index (χ3v) is 2.75. The third kappa shape index (κ3) is 4.87. The molecule has 0 radical (unpaired) electrons. The number of halogens is 3. The van der Waals surface area contributed by atoms with Crippen LogP contribution in [-0.2, 0) is 10.9 Å². The van der Waals surface area contributed by atoms with E-state index in [9.17, 15) is 18.0 Å². The molecule has 8 heteroatoms. The van der Waals surface area contributed by atoms with Crippen molar-refractivity contribution in [3.05, 3.63) is 48.2 Å². The molecule has 0 aliphatic carbocycles. The molecule has 0 fully saturated rings. The maximum absolute atomic E-state index is 12.6. The zero-order valence-electron chi connectivity index (χ0n) is 12.1. The van der Waals surface area contributed by atoms with E-state index in [4.69, 9.17) is 4.74 Å². The predicted octanol–water partition coefficient (Wildman–Crippen LogP) is 4.41. The van der Waals surface area contributed by atoms with Gasteiger partial charge in [0.25, 0.3) is 0 Å². The third-order valence-electron chi connectivity index (χ3n) is 2.75. The lowest BCUT2D eigenvalue weighted by molar-refractivity contribution is -0.137. The smallest absolute Gasteiger partial charge is 0.416 e. The standard InChI is InChI=1S/C15H14F3N3O2/c1-2-23-14(22)21-12-6-7-13(19-9-12)20-11-5-3-4-10(8-11)15(16,17)18/h3-9H,2H2,1H3,(H,19,20)(H,21,22). The van der Waals surface area contributed by atoms with Crippen molar-refractivity contribution in [2.24, 2.45) is 0 Å². The maximum atomic E-state index is 12.6. The van der Waals surface area contributed by atoms with Crippen LogP contribution >= 0.6 is 0 Å². The molecule has 1 heterocycles. The van der Waals surface area contributed by atoms with Crippen molar-refractivity contribution in [3.63, 3.8) is 0 Å². The molecule has 122 valence electrons. The van der Waals surface area contributed by atoms with Crippen LogP contribution in [0.25, 0.3) is 0 Å². The number of hydrogen-bond donors (Lipinski definition) is 2. The lowest BCUT2D eigenvalue weighted by Gasteiger charge is -2.10. The zero-order chi connectivity index (χ0) is 16.9. The van der Waals surface area contributed by atoms with Gasteiger partial charge in [-0.3, -0.25) is 5.32 Å². The van der Waals surface area contributed by atoms with Crippen molar-refractivity contribution in [2.45, 2.75) is 13.1 Å². The summed E-state index contributed by atoms with van der Waals surface area (Å²) in [7, 11) is 0. The van der Waals surface area contributed by atoms with E-state index >= 15 is 0 Å². The number of ether oxygens (including phenoxy) is 1. The van der Waals surface area contributed by atoms with Crippen LogP contribution < -0.4 is 10.6 Å². The number of carbonyl (C=O) groups excluding carboxylic acids is 1. The van der Waals surface area contributed by atoms with E-state index in [1.165, 1.54) is 24.4 Å². The summed E-state index contributed by atoms with van der Waals surface area (Å²) in [5, 5.41) is 5.23. The van der Waals surface area contributed by atoms with Crippen LogP contribution in [-0.4, -0.2) is 17.7 Å². The summed E-state index contributed by atoms with van der Waals surface area (Å²) in [6, 6.07) is 7.88. The van der Waals surface area contributed by atoms with Gasteiger partial charge in [-0.2, -0.15) is 13.2 Å². The second-order valence-electron chi connectivity index (χ2n) is 4.48. The van der Waals surface area contributed by atoms with Crippen LogP contribution in [0.4, 0.5) is 35.2 Å². The van der Waals surface area contributed by atoms with E-state index in [2.05, 4.69) is 15.6 Å². The largest absolute Gasteiger partial charge is 0.450 e. The fraction of sp³-hybridized carbons (Fsp3) is 0.200. The van der Waals surface area contributed by atoms with Crippen molar-refractivity contribution in [3.8, 4) is 0 Å². The van der Waals surface area contributed by atoms with Gasteiger partial charge in [-0.05, 0) is 37.3 Å². The molecule has 2 aromatic rings. The van der Waals surface area contributed by atoms with E-state index in [1.807, 2.05) is 0 Å². The van der Waals surface area contributed by atoms with Crippen molar-refractivity contribution in [1.29, 1.82) is 0 Å². The Bertz CT molecular complexity index is 672. The second kappa shape index (κ2) is 6.99. The van der Waals surface area contributed by atoms with E-state index in [-0.39, 0.29) is 12.3 Å². The first-order chi connectivity index (χ1) is 10.9. The molecule has 0 spiro atoms. The Kier molecular flexibility index (Phi) is 5.05. The molecule has 23 heavy (non-hydrogen) atoms. The average molecular weight is 325 g/mol. The lowest BCUT2D eigenvalue weighted by atomic mass is 10.2. The van der Waals surface area contributed by atoms with Gasteiger partial charge in [0, 0.05) is 5.69 Å². The van der Waals surface area contributed by atoms with Gasteiger partial charge in [0.2, 0.25) is 0 Å². The van der Waals surface area contributed by atoms with Crippen molar-refractivity contribution >= 4 is 23.3 Å². The first kappa shape index (κ1) is 16.6. The Hall–Kier alpha value is -2.77. The number of anilines is 3. The fourth-order valence-corrected chi connectivity index (χ4v) is 1.75. The molecule has 0 saturated carbocycles. The van der Waals surface area contributed by atoms with Crippen molar-refractivity contribution in [2.75, 3.05) is 17.2 Å². The summed E-state index contributed by atoms with van der Waals surface area (Å²) < 4.78 is 42.7. The molecule has 1 amide bonds. The van der Waals surface area contributed by atoms with Gasteiger partial charge < -0.3 is 10.1 Å². The average Bonchev–Trinajstić information content (AvgIpc) is 2.49. The minimum atomic E-state index is -4.40. The van der Waals surface area contributed by atoms with Gasteiger partial charge in [-0.15, -0.1) is 0 Å². The molecule has 0 aliphatic rings. The number of hydrogen-bond acceptors (Lipinski definition) is 4. The maximum Gasteiger partial charge on any atom is 0.416 e. The van der Waals surface area contributed by atoms with Crippen LogP contribution in [0.3, 0.4) is 0 Å². The molecule has 0 aliphatic heterocycles. The highest BCUT2D eigenvalue weighted by Crippen LogP contribution is 2.31. The van der Waals surface area contributed by atoms with E-state index in [1.54, 1.807) is 13.0 Å². The number of rotatable bonds is 4. The summed E-state index contributed by atoms with van der Waals surface area (Å²) in [4.78, 5) is 15.3. The molecule has 2 rings (SSSR count). The predicted molar refractivity (Wildman–Crippen MR) is 79.6 cm³/mol. The highest BCUT2D eigenvalue weighted by atomic mass is 19.4. The van der Waals surface area contributed by atoms with Crippen LogP contribution in [0.1, 0.15) is 12.5 Å². The number of amides is 1. The Balaban J connectivity index is 2.05. The summed E-state index contributed by atoms with van der Waals surface area (Å²) in [6.07, 6.45) is -3.64. The summed E-state index contributed by atoms with van der Waals surface area (Å²) in [5.74, 6) is 0.346. The number of benzene rings is 1. The number of pyridine rings is 1. The molecule has 1 aromatic carbocycles. The number of alkyl halides is 3. The molecule has 0 bridgehead atoms. The Morgan fingerprint density at radius 3 is 2.61 bits per heavy atom. The molecular formula is C15H14F3N3O2. The molecule has 0 atom stereocenters. The molecule has 5 nitrogen and oxygen atoms in total. The molecule has 1 aromatic heterocycles. The Morgan fingerprint density at radius 1 is 1.22 bits per heavy atom. The monoisotopic (exact) mass is 325 g/mol. The zero-order valence-corrected chi connectivity index (χ0v) is 12.1. The quantitative estimate of drug-likeness (QED) is 0.874. The normalized spacial score (nSPS) is 11.0. The Morgan fingerprint density at radius 2 is 2.00 bits per heavy atom. The van der Waals surface area contributed by atoms with Crippen LogP contribution in [0.5, 0.6) is 0 Å². The SMILES string of the molecule is CCOC(=O)Nc1ccc(Nc2cccc(C(F)(F)F)c2)nc1. The van der Waals surface area contributed by atoms with Gasteiger partial charge in [-0.1, -0.05) is 6.07 Å². The topological polar surface area (TPSA) is 63.2 Å². The van der Waals surface area contributed by atoms with Gasteiger partial charge in [-0.25, -0.2) is 9.78 Å². The molecule has 0 unspecified atom stereocenters. The highest BCUT2D eigenvalue weighted by molar-refractivity contribution is 5.84. The number of nitrogens with zero attached hydrogens (tertiary/aromatic N) is 1. The summed E-state index contributed by atoms with van der Waals surface area (Å²) in [6.45, 7) is 1.92. The Labute approximate surface area is 130 Å². The molecular weight excluding hydrogens is 311 g/mol. The lowest BCUT2D eigenvalue weighted by Crippen LogP contribution is -2.13. The van der Waals surface area contributed by atoms with Crippen molar-refractivity contribution < 1.29 is 22.7 Å². The first-order valence-corrected chi connectivity index (χ1v) is 6.72. The van der Waals surface area contributed by atoms with Crippen LogP contribution in [0, 0.1) is 0 Å². The van der Waals surface area contributed by atoms with Gasteiger partial charge in [0.15, 0.2) is 0 Å². The van der Waals surface area contributed by atoms with E-state index in [0.717, 1.165) is 12.1 Å². The van der Waals surface area contributed by atoms with E-state index in [0.29, 0.717) is 11.5 Å². The number of carbonyl (C=O) groups is 1. The number of nitrogens with one attached hydrogen (secondary N) is 2. The van der Waals surface area contributed by atoms with Crippen molar-refractivity contribution in [1.82, 2.24) is 4.98 Å². The first-order valence-electron chi connectivity index (χ1n) is 6.72. The van der Waals surface area contributed by atoms with Crippen LogP contribution in [0.15, 0.2) is 42.6 Å². The number of aromatic nitrogens is 1. The van der Waals surface area contributed by atoms with Gasteiger partial charge >= 0.3 is 12.3 Å². The minimum absolute atomic E-state index is 0.244. The summed E-state index contributed by atoms with van der Waals surface area (Å²) in [5.41, 5.74) is -0.0698. The fourth-order valence-electron chi connectivity index (χ4n) is 1.75. The summed E-state index contributed by atoms with van der Waals surface area (Å²) >= 11 is 0. The molecule has 0 saturated heterocycles. The van der Waals surface area contributed by atoms with Gasteiger partial charge in [0.1, 0.15) is 5.82 Å². The second-order valence-corrected chi connectivity index (χ2v) is 4.48.